The molecule has 2 aliphatic rings. The van der Waals surface area contributed by atoms with Crippen LogP contribution in [-0.2, 0) is 42.6 Å². The van der Waals surface area contributed by atoms with Gasteiger partial charge < -0.3 is 30.2 Å². The lowest BCUT2D eigenvalue weighted by atomic mass is 9.86. The first-order valence-electron chi connectivity index (χ1n) is 12.1. The molecule has 38 heavy (non-hydrogen) atoms. The molecule has 0 saturated heterocycles. The number of amides is 1. The highest BCUT2D eigenvalue weighted by Crippen LogP contribution is 2.39. The molecule has 1 aromatic carbocycles. The van der Waals surface area contributed by atoms with Crippen molar-refractivity contribution in [1.29, 1.82) is 0 Å². The number of ether oxygens (including phenoxy) is 2. The molecule has 0 radical (unpaired) electrons. The Labute approximate surface area is 216 Å². The van der Waals surface area contributed by atoms with Gasteiger partial charge >= 0.3 is 11.9 Å². The van der Waals surface area contributed by atoms with Crippen LogP contribution in [0.3, 0.4) is 0 Å². The maximum Gasteiger partial charge on any atom is 0.354 e. The number of nitrogens with two attached hydrogens (primary N) is 1. The van der Waals surface area contributed by atoms with Crippen molar-refractivity contribution in [3.63, 3.8) is 0 Å². The molecule has 1 amide bonds. The standard InChI is InChI=1S/C27H26N4O7/c1-4-27(36)18-10-21-23-15(11-31(21)24(33)17(18)12-38-26(27)35)8-16-19(30-23)7-6-14(22(16)28)9-20(29-13(3)32)25(34)37-5-2/h6-10,36H,4-5,11-12,28H2,1-3H3,(H,29,32)/t27-/m0/s1. The second-order valence-corrected chi connectivity index (χ2v) is 9.19. The van der Waals surface area contributed by atoms with E-state index in [0.717, 1.165) is 5.56 Å². The first-order chi connectivity index (χ1) is 18.1. The Morgan fingerprint density at radius 3 is 2.74 bits per heavy atom. The first-order valence-corrected chi connectivity index (χ1v) is 12.1. The molecule has 3 aromatic rings. The minimum atomic E-state index is -1.90. The van der Waals surface area contributed by atoms with Gasteiger partial charge in [-0.25, -0.2) is 14.6 Å². The highest BCUT2D eigenvalue weighted by molar-refractivity contribution is 6.02. The van der Waals surface area contributed by atoms with Gasteiger partial charge in [0, 0.05) is 34.7 Å². The number of cyclic esters (lactones) is 1. The highest BCUT2D eigenvalue weighted by atomic mass is 16.6. The van der Waals surface area contributed by atoms with E-state index in [0.29, 0.717) is 33.5 Å². The van der Waals surface area contributed by atoms with Gasteiger partial charge in [0.25, 0.3) is 5.56 Å². The summed E-state index contributed by atoms with van der Waals surface area (Å²) in [6, 6.07) is 6.85. The van der Waals surface area contributed by atoms with Crippen LogP contribution >= 0.6 is 0 Å². The molecule has 0 unspecified atom stereocenters. The third-order valence-corrected chi connectivity index (χ3v) is 6.87. The molecule has 4 N–H and O–H groups in total. The first kappa shape index (κ1) is 25.2. The van der Waals surface area contributed by atoms with E-state index in [1.807, 2.05) is 6.07 Å². The van der Waals surface area contributed by atoms with Gasteiger partial charge in [-0.15, -0.1) is 0 Å². The average molecular weight is 519 g/mol. The monoisotopic (exact) mass is 518 g/mol. The normalized spacial score (nSPS) is 17.9. The maximum atomic E-state index is 13.3. The summed E-state index contributed by atoms with van der Waals surface area (Å²) in [5.41, 5.74) is 7.74. The van der Waals surface area contributed by atoms with Gasteiger partial charge in [0.1, 0.15) is 12.3 Å². The molecule has 11 nitrogen and oxygen atoms in total. The van der Waals surface area contributed by atoms with Crippen LogP contribution in [0.5, 0.6) is 0 Å². The van der Waals surface area contributed by atoms with Gasteiger partial charge in [0.05, 0.1) is 35.6 Å². The number of carbonyl (C=O) groups excluding carboxylic acids is 3. The largest absolute Gasteiger partial charge is 0.461 e. The summed E-state index contributed by atoms with van der Waals surface area (Å²) >= 11 is 0. The van der Waals surface area contributed by atoms with Gasteiger partial charge in [0.15, 0.2) is 5.60 Å². The summed E-state index contributed by atoms with van der Waals surface area (Å²) in [5.74, 6) is -1.91. The van der Waals surface area contributed by atoms with Crippen LogP contribution in [0.2, 0.25) is 0 Å². The zero-order chi connectivity index (χ0) is 27.4. The third kappa shape index (κ3) is 3.82. The van der Waals surface area contributed by atoms with Gasteiger partial charge in [-0.2, -0.15) is 0 Å². The van der Waals surface area contributed by atoms with E-state index in [1.165, 1.54) is 17.6 Å². The van der Waals surface area contributed by atoms with Crippen molar-refractivity contribution in [3.8, 4) is 11.4 Å². The van der Waals surface area contributed by atoms with Gasteiger partial charge in [-0.3, -0.25) is 9.59 Å². The maximum absolute atomic E-state index is 13.3. The van der Waals surface area contributed by atoms with Crippen LogP contribution in [0.25, 0.3) is 28.4 Å². The number of hydrogen-bond donors (Lipinski definition) is 3. The van der Waals surface area contributed by atoms with Crippen molar-refractivity contribution >= 4 is 40.5 Å². The van der Waals surface area contributed by atoms with Gasteiger partial charge in [0.2, 0.25) is 5.91 Å². The summed E-state index contributed by atoms with van der Waals surface area (Å²) in [6.45, 7) is 4.74. The number of fused-ring (bicyclic) bond motifs is 5. The number of hydrogen-bond acceptors (Lipinski definition) is 9. The van der Waals surface area contributed by atoms with Crippen LogP contribution in [0, 0.1) is 0 Å². The number of benzene rings is 1. The number of nitrogen functional groups attached to an aromatic ring is 1. The molecule has 0 bridgehead atoms. The molecular formula is C27H26N4O7. The molecule has 0 saturated carbocycles. The Hall–Kier alpha value is -4.51. The molecule has 196 valence electrons. The van der Waals surface area contributed by atoms with Crippen LogP contribution in [0.4, 0.5) is 5.69 Å². The van der Waals surface area contributed by atoms with Crippen LogP contribution in [-0.4, -0.2) is 39.1 Å². The van der Waals surface area contributed by atoms with Crippen molar-refractivity contribution in [1.82, 2.24) is 14.9 Å². The van der Waals surface area contributed by atoms with Crippen molar-refractivity contribution in [2.75, 3.05) is 12.3 Å². The number of aliphatic hydroxyl groups is 1. The Morgan fingerprint density at radius 1 is 1.29 bits per heavy atom. The quantitative estimate of drug-likeness (QED) is 0.203. The molecule has 0 spiro atoms. The van der Waals surface area contributed by atoms with Crippen molar-refractivity contribution in [2.45, 2.75) is 45.9 Å². The van der Waals surface area contributed by atoms with Gasteiger partial charge in [-0.1, -0.05) is 13.0 Å². The average Bonchev–Trinajstić information content (AvgIpc) is 3.24. The fraction of sp³-hybridized carbons (Fsp3) is 0.296. The molecule has 5 rings (SSSR count). The van der Waals surface area contributed by atoms with E-state index in [4.69, 9.17) is 20.2 Å². The summed E-state index contributed by atoms with van der Waals surface area (Å²) in [5, 5.41) is 14.1. The number of nitrogens with zero attached hydrogens (tertiary/aromatic N) is 2. The number of carbonyl (C=O) groups is 3. The van der Waals surface area contributed by atoms with E-state index >= 15 is 0 Å². The lowest BCUT2D eigenvalue weighted by Crippen LogP contribution is -2.44. The number of nitrogens with one attached hydrogen (secondary N) is 1. The van der Waals surface area contributed by atoms with Crippen LogP contribution < -0.4 is 16.6 Å². The zero-order valence-corrected chi connectivity index (χ0v) is 21.1. The zero-order valence-electron chi connectivity index (χ0n) is 21.1. The summed E-state index contributed by atoms with van der Waals surface area (Å²) in [6.07, 6.45) is 1.50. The lowest BCUT2D eigenvalue weighted by molar-refractivity contribution is -0.172. The molecule has 1 atom stereocenters. The Kier molecular flexibility index (Phi) is 6.03. The molecule has 2 aliphatic heterocycles. The Morgan fingerprint density at radius 2 is 2.05 bits per heavy atom. The predicted molar refractivity (Wildman–Crippen MR) is 137 cm³/mol. The number of anilines is 1. The molecule has 4 heterocycles. The summed E-state index contributed by atoms with van der Waals surface area (Å²) in [7, 11) is 0. The third-order valence-electron chi connectivity index (χ3n) is 6.87. The molecule has 2 aromatic heterocycles. The van der Waals surface area contributed by atoms with Crippen molar-refractivity contribution < 1.29 is 29.0 Å². The number of pyridine rings is 2. The van der Waals surface area contributed by atoms with E-state index in [-0.39, 0.29) is 48.6 Å². The second-order valence-electron chi connectivity index (χ2n) is 9.19. The van der Waals surface area contributed by atoms with Crippen molar-refractivity contribution in [2.24, 2.45) is 0 Å². The SMILES string of the molecule is CCOC(=O)C(=Cc1ccc2nc3c(cc2c1N)Cn1c-3cc2c(c1=O)COC(=O)[C@]2(O)CC)NC(C)=O. The summed E-state index contributed by atoms with van der Waals surface area (Å²) < 4.78 is 11.7. The van der Waals surface area contributed by atoms with Crippen LogP contribution in [0.15, 0.2) is 34.8 Å². The summed E-state index contributed by atoms with van der Waals surface area (Å²) in [4.78, 5) is 54.4. The topological polar surface area (TPSA) is 163 Å². The Bertz CT molecular complexity index is 1640. The lowest BCUT2D eigenvalue weighted by Gasteiger charge is -2.31. The van der Waals surface area contributed by atoms with Gasteiger partial charge in [-0.05, 0) is 37.6 Å². The minimum Gasteiger partial charge on any atom is -0.461 e. The molecule has 11 heteroatoms. The second kappa shape index (κ2) is 9.10. The molecular weight excluding hydrogens is 492 g/mol. The van der Waals surface area contributed by atoms with E-state index in [1.54, 1.807) is 32.0 Å². The van der Waals surface area contributed by atoms with E-state index in [9.17, 15) is 24.3 Å². The fourth-order valence-corrected chi connectivity index (χ4v) is 4.92. The van der Waals surface area contributed by atoms with Crippen LogP contribution in [0.1, 0.15) is 49.4 Å². The van der Waals surface area contributed by atoms with Crippen molar-refractivity contribution in [3.05, 3.63) is 62.6 Å². The fourth-order valence-electron chi connectivity index (χ4n) is 4.92. The highest BCUT2D eigenvalue weighted by Gasteiger charge is 2.45. The van der Waals surface area contributed by atoms with E-state index < -0.39 is 23.4 Å². The predicted octanol–water partition coefficient (Wildman–Crippen LogP) is 1.70. The minimum absolute atomic E-state index is 0.0516. The smallest absolute Gasteiger partial charge is 0.354 e. The number of rotatable bonds is 5. The molecule has 0 aliphatic carbocycles. The van der Waals surface area contributed by atoms with E-state index in [2.05, 4.69) is 5.32 Å². The molecule has 0 fully saturated rings. The Balaban J connectivity index is 1.64. The number of esters is 2. The number of aromatic nitrogens is 2.